The van der Waals surface area contributed by atoms with Gasteiger partial charge in [-0.1, -0.05) is 6.92 Å². The molecule has 1 unspecified atom stereocenters. The van der Waals surface area contributed by atoms with E-state index in [1.54, 1.807) is 7.11 Å². The van der Waals surface area contributed by atoms with Crippen LogP contribution < -0.4 is 0 Å². The van der Waals surface area contributed by atoms with Crippen LogP contribution in [0.15, 0.2) is 0 Å². The van der Waals surface area contributed by atoms with Gasteiger partial charge in [0.25, 0.3) is 0 Å². The molecule has 0 aromatic rings. The maximum atomic E-state index is 12.1. The summed E-state index contributed by atoms with van der Waals surface area (Å²) < 4.78 is 17.1. The molecule has 2 heteroatoms. The van der Waals surface area contributed by atoms with E-state index in [9.17, 15) is 4.39 Å². The van der Waals surface area contributed by atoms with E-state index in [4.69, 9.17) is 4.74 Å². The molecule has 0 aromatic heterocycles. The van der Waals surface area contributed by atoms with Crippen molar-refractivity contribution in [3.8, 4) is 11.8 Å². The quantitative estimate of drug-likeness (QED) is 0.652. The molecule has 0 spiro atoms. The van der Waals surface area contributed by atoms with Crippen molar-refractivity contribution in [3.63, 3.8) is 0 Å². The number of ether oxygens (including phenoxy) is 1. The fourth-order valence-corrected chi connectivity index (χ4v) is 1.69. The van der Waals surface area contributed by atoms with Gasteiger partial charge in [0, 0.05) is 20.0 Å². The molecule has 2 aliphatic rings. The van der Waals surface area contributed by atoms with Crippen molar-refractivity contribution in [3.05, 3.63) is 0 Å². The largest absolute Gasteiger partial charge is 0.384 e. The summed E-state index contributed by atoms with van der Waals surface area (Å²) in [5.74, 6) is 5.53. The van der Waals surface area contributed by atoms with Gasteiger partial charge < -0.3 is 4.74 Å². The van der Waals surface area contributed by atoms with Crippen molar-refractivity contribution < 1.29 is 9.13 Å². The molecule has 0 aromatic carbocycles. The zero-order valence-corrected chi connectivity index (χ0v) is 9.81. The Kier molecular flexibility index (Phi) is 5.11. The van der Waals surface area contributed by atoms with Crippen molar-refractivity contribution in [2.24, 2.45) is 5.41 Å². The first-order valence-electron chi connectivity index (χ1n) is 5.81. The number of rotatable bonds is 3. The summed E-state index contributed by atoms with van der Waals surface area (Å²) in [6.07, 6.45) is 5.28. The van der Waals surface area contributed by atoms with E-state index < -0.39 is 6.17 Å². The second-order valence-electron chi connectivity index (χ2n) is 4.48. The van der Waals surface area contributed by atoms with Gasteiger partial charge in [0.2, 0.25) is 0 Å². The summed E-state index contributed by atoms with van der Waals surface area (Å²) >= 11 is 0. The number of hydrogen-bond donors (Lipinski definition) is 0. The smallest absolute Gasteiger partial charge is 0.112 e. The van der Waals surface area contributed by atoms with Crippen LogP contribution in [0.1, 0.15) is 45.4 Å². The Morgan fingerprint density at radius 3 is 2.33 bits per heavy atom. The topological polar surface area (TPSA) is 9.23 Å². The van der Waals surface area contributed by atoms with Gasteiger partial charge in [0.05, 0.1) is 6.61 Å². The first kappa shape index (κ1) is 12.5. The van der Waals surface area contributed by atoms with Gasteiger partial charge >= 0.3 is 0 Å². The molecule has 2 rings (SSSR count). The second kappa shape index (κ2) is 6.12. The summed E-state index contributed by atoms with van der Waals surface area (Å²) in [5, 5.41) is 0. The highest BCUT2D eigenvalue weighted by Gasteiger charge is 2.40. The molecule has 0 amide bonds. The summed E-state index contributed by atoms with van der Waals surface area (Å²) in [7, 11) is 1.79. The van der Waals surface area contributed by atoms with E-state index in [1.807, 2.05) is 0 Å². The van der Waals surface area contributed by atoms with Gasteiger partial charge in [0.1, 0.15) is 6.17 Å². The third-order valence-electron chi connectivity index (χ3n) is 3.19. The van der Waals surface area contributed by atoms with Gasteiger partial charge in [-0.25, -0.2) is 4.39 Å². The SMILES string of the molecule is CCC1(COC)CC1.FC1CC#CCC1. The van der Waals surface area contributed by atoms with E-state index in [2.05, 4.69) is 18.8 Å². The minimum Gasteiger partial charge on any atom is -0.384 e. The first-order chi connectivity index (χ1) is 7.22. The zero-order valence-electron chi connectivity index (χ0n) is 9.81. The fraction of sp³-hybridized carbons (Fsp3) is 0.846. The molecule has 1 nitrogen and oxygen atoms in total. The molecule has 86 valence electrons. The molecule has 0 bridgehead atoms. The Morgan fingerprint density at radius 2 is 2.13 bits per heavy atom. The maximum Gasteiger partial charge on any atom is 0.112 e. The Hall–Kier alpha value is -0.550. The second-order valence-corrected chi connectivity index (χ2v) is 4.48. The average Bonchev–Trinajstić information content (AvgIpc) is 3.01. The zero-order chi connectivity index (χ0) is 11.1. The number of hydrogen-bond acceptors (Lipinski definition) is 1. The van der Waals surface area contributed by atoms with Crippen molar-refractivity contribution in [2.75, 3.05) is 13.7 Å². The molecule has 1 saturated carbocycles. The van der Waals surface area contributed by atoms with Crippen molar-refractivity contribution >= 4 is 0 Å². The highest BCUT2D eigenvalue weighted by molar-refractivity contribution is 5.04. The molecule has 0 N–H and O–H groups in total. The molecule has 15 heavy (non-hydrogen) atoms. The van der Waals surface area contributed by atoms with E-state index in [0.29, 0.717) is 18.3 Å². The number of methoxy groups -OCH3 is 1. The first-order valence-corrected chi connectivity index (χ1v) is 5.81. The monoisotopic (exact) mass is 212 g/mol. The Labute approximate surface area is 92.4 Å². The van der Waals surface area contributed by atoms with E-state index in [1.165, 1.54) is 19.3 Å². The number of alkyl halides is 1. The fourth-order valence-electron chi connectivity index (χ4n) is 1.69. The summed E-state index contributed by atoms with van der Waals surface area (Å²) in [6, 6.07) is 0. The lowest BCUT2D eigenvalue weighted by Gasteiger charge is -2.08. The van der Waals surface area contributed by atoms with Crippen LogP contribution in [-0.4, -0.2) is 19.9 Å². The Bertz CT molecular complexity index is 235. The molecule has 0 radical (unpaired) electrons. The molecule has 0 saturated heterocycles. The predicted octanol–water partition coefficient (Wildman–Crippen LogP) is 3.33. The van der Waals surface area contributed by atoms with Gasteiger partial charge in [0.15, 0.2) is 0 Å². The molecular weight excluding hydrogens is 191 g/mol. The lowest BCUT2D eigenvalue weighted by molar-refractivity contribution is 0.139. The van der Waals surface area contributed by atoms with Crippen molar-refractivity contribution in [1.82, 2.24) is 0 Å². The van der Waals surface area contributed by atoms with Crippen LogP contribution in [0.4, 0.5) is 4.39 Å². The van der Waals surface area contributed by atoms with E-state index in [0.717, 1.165) is 13.0 Å². The molecule has 1 fully saturated rings. The van der Waals surface area contributed by atoms with E-state index >= 15 is 0 Å². The normalized spacial score (nSPS) is 25.7. The maximum absolute atomic E-state index is 12.1. The van der Waals surface area contributed by atoms with Crippen molar-refractivity contribution in [1.29, 1.82) is 0 Å². The summed E-state index contributed by atoms with van der Waals surface area (Å²) in [5.41, 5.74) is 0.620. The molecule has 1 atom stereocenters. The van der Waals surface area contributed by atoms with Crippen LogP contribution in [0.3, 0.4) is 0 Å². The summed E-state index contributed by atoms with van der Waals surface area (Å²) in [6.45, 7) is 3.22. The molecule has 0 heterocycles. The predicted molar refractivity (Wildman–Crippen MR) is 60.4 cm³/mol. The summed E-state index contributed by atoms with van der Waals surface area (Å²) in [4.78, 5) is 0. The van der Waals surface area contributed by atoms with Gasteiger partial charge in [-0.05, 0) is 31.1 Å². The van der Waals surface area contributed by atoms with Crippen LogP contribution in [0.2, 0.25) is 0 Å². The minimum absolute atomic E-state index is 0.458. The van der Waals surface area contributed by atoms with Crippen LogP contribution in [0.5, 0.6) is 0 Å². The molecule has 2 aliphatic carbocycles. The third-order valence-corrected chi connectivity index (χ3v) is 3.19. The Balaban J connectivity index is 0.000000151. The highest BCUT2D eigenvalue weighted by atomic mass is 19.1. The van der Waals surface area contributed by atoms with Gasteiger partial charge in [-0.2, -0.15) is 0 Å². The standard InChI is InChI=1S/C7H14O.C6H7F/c1-3-7(4-5-7)6-8-2;7-6-4-2-1-3-5-6/h3-6H2,1-2H3;6H,2,4-5H2. The van der Waals surface area contributed by atoms with Crippen molar-refractivity contribution in [2.45, 2.75) is 51.6 Å². The van der Waals surface area contributed by atoms with Gasteiger partial charge in [-0.15, -0.1) is 11.8 Å². The third kappa shape index (κ3) is 4.66. The van der Waals surface area contributed by atoms with Crippen LogP contribution in [0, 0.1) is 17.3 Å². The van der Waals surface area contributed by atoms with Crippen LogP contribution in [0.25, 0.3) is 0 Å². The highest BCUT2D eigenvalue weighted by Crippen LogP contribution is 2.48. The number of halogens is 1. The molecule has 0 aliphatic heterocycles. The average molecular weight is 212 g/mol. The lowest BCUT2D eigenvalue weighted by Crippen LogP contribution is -2.06. The van der Waals surface area contributed by atoms with Crippen LogP contribution in [-0.2, 0) is 4.74 Å². The van der Waals surface area contributed by atoms with Gasteiger partial charge in [-0.3, -0.25) is 0 Å². The Morgan fingerprint density at radius 1 is 1.40 bits per heavy atom. The van der Waals surface area contributed by atoms with E-state index in [-0.39, 0.29) is 0 Å². The minimum atomic E-state index is -0.638. The molecular formula is C13H21FO. The van der Waals surface area contributed by atoms with Crippen LogP contribution >= 0.6 is 0 Å². The lowest BCUT2D eigenvalue weighted by atomic mass is 10.1.